The second-order valence-corrected chi connectivity index (χ2v) is 13.7. The van der Waals surface area contributed by atoms with E-state index in [0.717, 1.165) is 23.7 Å². The first-order chi connectivity index (χ1) is 16.0. The van der Waals surface area contributed by atoms with E-state index >= 15 is 0 Å². The smallest absolute Gasteiger partial charge is 0.0131 e. The molecule has 0 aromatic heterocycles. The third kappa shape index (κ3) is 6.70. The second kappa shape index (κ2) is 12.0. The van der Waals surface area contributed by atoms with E-state index in [1.54, 1.807) is 33.4 Å². The summed E-state index contributed by atoms with van der Waals surface area (Å²) in [4.78, 5) is 0. The summed E-state index contributed by atoms with van der Waals surface area (Å²) in [6.45, 7) is 22.2. The van der Waals surface area contributed by atoms with Crippen molar-refractivity contribution in [3.8, 4) is 0 Å². The highest BCUT2D eigenvalue weighted by Gasteiger charge is 2.40. The molecule has 0 radical (unpaired) electrons. The molecule has 1 aromatic carbocycles. The van der Waals surface area contributed by atoms with Gasteiger partial charge in [0.25, 0.3) is 0 Å². The van der Waals surface area contributed by atoms with Crippen LogP contribution in [-0.4, -0.2) is 0 Å². The fourth-order valence-corrected chi connectivity index (χ4v) is 7.32. The van der Waals surface area contributed by atoms with Crippen LogP contribution in [0.5, 0.6) is 0 Å². The fraction of sp³-hybridized carbons (Fsp3) is 0.824. The molecule has 0 bridgehead atoms. The van der Waals surface area contributed by atoms with Gasteiger partial charge in [-0.2, -0.15) is 0 Å². The Morgan fingerprint density at radius 2 is 1.26 bits per heavy atom. The number of fused-ring (bicyclic) bond motifs is 1. The molecule has 2 aliphatic carbocycles. The lowest BCUT2D eigenvalue weighted by atomic mass is 9.61. The van der Waals surface area contributed by atoms with Crippen molar-refractivity contribution >= 4 is 0 Å². The van der Waals surface area contributed by atoms with Gasteiger partial charge >= 0.3 is 0 Å². The van der Waals surface area contributed by atoms with Gasteiger partial charge in [-0.3, -0.25) is 0 Å². The molecule has 0 nitrogen and oxygen atoms in total. The van der Waals surface area contributed by atoms with Crippen molar-refractivity contribution < 1.29 is 0 Å². The Hall–Kier alpha value is -0.780. The number of rotatable bonds is 13. The van der Waals surface area contributed by atoms with E-state index in [1.807, 2.05) is 0 Å². The van der Waals surface area contributed by atoms with Crippen LogP contribution in [0.1, 0.15) is 164 Å². The zero-order valence-electron chi connectivity index (χ0n) is 24.6. The molecule has 4 atom stereocenters. The van der Waals surface area contributed by atoms with E-state index in [1.165, 1.54) is 83.5 Å². The van der Waals surface area contributed by atoms with Gasteiger partial charge in [-0.25, -0.2) is 0 Å². The highest BCUT2D eigenvalue weighted by Crippen LogP contribution is 2.53. The number of hydrogen-bond donors (Lipinski definition) is 0. The Kier molecular flexibility index (Phi) is 9.79. The Morgan fingerprint density at radius 1 is 0.735 bits per heavy atom. The molecule has 2 aliphatic rings. The summed E-state index contributed by atoms with van der Waals surface area (Å²) in [5, 5.41) is 0. The quantitative estimate of drug-likeness (QED) is 0.271. The van der Waals surface area contributed by atoms with Crippen molar-refractivity contribution in [1.82, 2.24) is 0 Å². The molecule has 0 aliphatic heterocycles. The molecule has 1 aromatic rings. The molecule has 1 fully saturated rings. The molecule has 4 unspecified atom stereocenters. The molecule has 0 saturated heterocycles. The number of benzene rings is 1. The lowest BCUT2D eigenvalue weighted by Crippen LogP contribution is -2.31. The minimum atomic E-state index is 0.475. The van der Waals surface area contributed by atoms with Crippen LogP contribution < -0.4 is 0 Å². The van der Waals surface area contributed by atoms with Gasteiger partial charge in [0.15, 0.2) is 0 Å². The molecule has 34 heavy (non-hydrogen) atoms. The standard InChI is InChI=1S/C34H58/c1-23(2)13-10-14-24(3)15-11-16-25(4)17-12-21-34(9)22-20-31-28(7)32(30-18-19-30)26(5)27(6)33(31)29(34)8/h23-25,29-30H,10-22H2,1-9H3. The maximum Gasteiger partial charge on any atom is -0.0131 e. The maximum absolute atomic E-state index is 2.61. The van der Waals surface area contributed by atoms with Crippen molar-refractivity contribution in [3.63, 3.8) is 0 Å². The Morgan fingerprint density at radius 3 is 1.82 bits per heavy atom. The van der Waals surface area contributed by atoms with E-state index in [9.17, 15) is 0 Å². The monoisotopic (exact) mass is 466 g/mol. The molecular formula is C34H58. The summed E-state index contributed by atoms with van der Waals surface area (Å²) in [5.74, 6) is 4.25. The predicted octanol–water partition coefficient (Wildman–Crippen LogP) is 11.0. The van der Waals surface area contributed by atoms with Crippen LogP contribution >= 0.6 is 0 Å². The summed E-state index contributed by atoms with van der Waals surface area (Å²) in [5.41, 5.74) is 10.6. The average molecular weight is 467 g/mol. The number of hydrogen-bond acceptors (Lipinski definition) is 0. The minimum Gasteiger partial charge on any atom is -0.0628 e. The fourth-order valence-electron chi connectivity index (χ4n) is 7.32. The Bertz CT molecular complexity index is 795. The molecule has 0 amide bonds. The summed E-state index contributed by atoms with van der Waals surface area (Å²) in [6.07, 6.45) is 18.4. The molecule has 0 heteroatoms. The van der Waals surface area contributed by atoms with Crippen LogP contribution in [-0.2, 0) is 6.42 Å². The summed E-state index contributed by atoms with van der Waals surface area (Å²) in [6, 6.07) is 0. The SMILES string of the molecule is Cc1c(C)c2c(c(C)c1C1CC1)CCC(C)(CCCC(C)CCCC(C)CCCC(C)C)C2C. The molecule has 0 N–H and O–H groups in total. The van der Waals surface area contributed by atoms with E-state index < -0.39 is 0 Å². The zero-order valence-corrected chi connectivity index (χ0v) is 24.6. The van der Waals surface area contributed by atoms with Gasteiger partial charge in [0.2, 0.25) is 0 Å². The van der Waals surface area contributed by atoms with E-state index in [0.29, 0.717) is 11.3 Å². The topological polar surface area (TPSA) is 0 Å². The van der Waals surface area contributed by atoms with Crippen LogP contribution in [0.2, 0.25) is 0 Å². The van der Waals surface area contributed by atoms with Crippen LogP contribution in [0.4, 0.5) is 0 Å². The van der Waals surface area contributed by atoms with Crippen molar-refractivity contribution in [2.24, 2.45) is 23.2 Å². The van der Waals surface area contributed by atoms with E-state index in [4.69, 9.17) is 0 Å². The van der Waals surface area contributed by atoms with Crippen molar-refractivity contribution in [1.29, 1.82) is 0 Å². The van der Waals surface area contributed by atoms with Crippen LogP contribution in [0.3, 0.4) is 0 Å². The molecular weight excluding hydrogens is 408 g/mol. The molecule has 0 spiro atoms. The van der Waals surface area contributed by atoms with Gasteiger partial charge in [0.05, 0.1) is 0 Å². The van der Waals surface area contributed by atoms with Crippen molar-refractivity contribution in [2.75, 3.05) is 0 Å². The van der Waals surface area contributed by atoms with Gasteiger partial charge in [-0.1, -0.05) is 92.9 Å². The van der Waals surface area contributed by atoms with Crippen LogP contribution in [0, 0.1) is 43.9 Å². The Labute approximate surface area is 214 Å². The average Bonchev–Trinajstić information content (AvgIpc) is 3.59. The summed E-state index contributed by atoms with van der Waals surface area (Å²) in [7, 11) is 0. The first-order valence-electron chi connectivity index (χ1n) is 15.2. The molecule has 0 heterocycles. The normalized spacial score (nSPS) is 24.4. The van der Waals surface area contributed by atoms with Gasteiger partial charge < -0.3 is 0 Å². The zero-order chi connectivity index (χ0) is 25.0. The third-order valence-corrected chi connectivity index (χ3v) is 10.3. The predicted molar refractivity (Wildman–Crippen MR) is 152 cm³/mol. The van der Waals surface area contributed by atoms with Crippen LogP contribution in [0.15, 0.2) is 0 Å². The van der Waals surface area contributed by atoms with Crippen molar-refractivity contribution in [2.45, 2.75) is 158 Å². The lowest BCUT2D eigenvalue weighted by molar-refractivity contribution is 0.195. The minimum absolute atomic E-state index is 0.475. The summed E-state index contributed by atoms with van der Waals surface area (Å²) < 4.78 is 0. The van der Waals surface area contributed by atoms with Gasteiger partial charge in [-0.15, -0.1) is 0 Å². The third-order valence-electron chi connectivity index (χ3n) is 10.3. The van der Waals surface area contributed by atoms with E-state index in [-0.39, 0.29) is 0 Å². The Balaban J connectivity index is 1.48. The molecule has 1 saturated carbocycles. The second-order valence-electron chi connectivity index (χ2n) is 13.7. The van der Waals surface area contributed by atoms with E-state index in [2.05, 4.69) is 62.3 Å². The first kappa shape index (κ1) is 27.8. The van der Waals surface area contributed by atoms with Gasteiger partial charge in [0.1, 0.15) is 0 Å². The first-order valence-corrected chi connectivity index (χ1v) is 15.2. The lowest BCUT2D eigenvalue weighted by Gasteiger charge is -2.44. The molecule has 194 valence electrons. The molecule has 3 rings (SSSR count). The maximum atomic E-state index is 2.61. The van der Waals surface area contributed by atoms with Gasteiger partial charge in [-0.05, 0) is 121 Å². The largest absolute Gasteiger partial charge is 0.0628 e. The highest BCUT2D eigenvalue weighted by atomic mass is 14.4. The summed E-state index contributed by atoms with van der Waals surface area (Å²) >= 11 is 0. The van der Waals surface area contributed by atoms with Crippen molar-refractivity contribution in [3.05, 3.63) is 33.4 Å². The van der Waals surface area contributed by atoms with Gasteiger partial charge in [0, 0.05) is 0 Å². The highest BCUT2D eigenvalue weighted by molar-refractivity contribution is 5.55. The van der Waals surface area contributed by atoms with Crippen LogP contribution in [0.25, 0.3) is 0 Å².